The molecule has 92 valence electrons. The van der Waals surface area contributed by atoms with Crippen LogP contribution in [0, 0.1) is 0 Å². The molecular weight excluding hydrogens is 230 g/mol. The zero-order valence-corrected chi connectivity index (χ0v) is 11.4. The molecule has 0 aromatic carbocycles. The molecule has 0 bridgehead atoms. The quantitative estimate of drug-likeness (QED) is 0.883. The number of rotatable bonds is 5. The Morgan fingerprint density at radius 3 is 2.94 bits per heavy atom. The molecule has 0 amide bonds. The largest absolute Gasteiger partial charge is 0.330 e. The predicted octanol–water partition coefficient (Wildman–Crippen LogP) is 2.84. The van der Waals surface area contributed by atoms with Crippen LogP contribution < -0.4 is 5.32 Å². The van der Waals surface area contributed by atoms with Gasteiger partial charge >= 0.3 is 0 Å². The minimum absolute atomic E-state index is 0.309. The Bertz CT molecular complexity index is 459. The highest BCUT2D eigenvalue weighted by Gasteiger charge is 2.11. The van der Waals surface area contributed by atoms with Gasteiger partial charge < -0.3 is 9.88 Å². The molecule has 2 aromatic rings. The summed E-state index contributed by atoms with van der Waals surface area (Å²) in [4.78, 5) is 4.68. The van der Waals surface area contributed by atoms with E-state index < -0.39 is 0 Å². The fraction of sp³-hybridized carbons (Fsp3) is 0.462. The van der Waals surface area contributed by atoms with E-state index >= 15 is 0 Å². The third-order valence-corrected chi connectivity index (χ3v) is 3.74. The van der Waals surface area contributed by atoms with Crippen LogP contribution in [0.5, 0.6) is 0 Å². The van der Waals surface area contributed by atoms with Gasteiger partial charge in [0.1, 0.15) is 5.82 Å². The SMILES string of the molecule is CCc1nc(C(C)NC)cn1Cc1ccsc1. The molecule has 1 atom stereocenters. The number of hydrogen-bond donors (Lipinski definition) is 1. The highest BCUT2D eigenvalue weighted by Crippen LogP contribution is 2.15. The lowest BCUT2D eigenvalue weighted by molar-refractivity contribution is 0.634. The Balaban J connectivity index is 2.23. The molecule has 1 unspecified atom stereocenters. The first-order valence-electron chi connectivity index (χ1n) is 5.98. The summed E-state index contributed by atoms with van der Waals surface area (Å²) >= 11 is 1.74. The topological polar surface area (TPSA) is 29.9 Å². The molecule has 1 N–H and O–H groups in total. The minimum atomic E-state index is 0.309. The van der Waals surface area contributed by atoms with E-state index in [1.807, 2.05) is 7.05 Å². The monoisotopic (exact) mass is 249 g/mol. The molecule has 17 heavy (non-hydrogen) atoms. The lowest BCUT2D eigenvalue weighted by atomic mass is 10.2. The molecule has 0 fully saturated rings. The summed E-state index contributed by atoms with van der Waals surface area (Å²) in [5, 5.41) is 7.55. The molecular formula is C13H19N3S. The van der Waals surface area contributed by atoms with E-state index in [2.05, 4.69) is 51.7 Å². The van der Waals surface area contributed by atoms with E-state index in [-0.39, 0.29) is 0 Å². The van der Waals surface area contributed by atoms with Crippen molar-refractivity contribution < 1.29 is 0 Å². The fourth-order valence-corrected chi connectivity index (χ4v) is 2.49. The number of nitrogens with zero attached hydrogens (tertiary/aromatic N) is 2. The number of aryl methyl sites for hydroxylation is 1. The number of imidazole rings is 1. The molecule has 3 nitrogen and oxygen atoms in total. The van der Waals surface area contributed by atoms with Crippen molar-refractivity contribution in [3.63, 3.8) is 0 Å². The molecule has 0 saturated heterocycles. The first-order chi connectivity index (χ1) is 8.24. The second-order valence-corrected chi connectivity index (χ2v) is 4.99. The average molecular weight is 249 g/mol. The predicted molar refractivity (Wildman–Crippen MR) is 72.5 cm³/mol. The first-order valence-corrected chi connectivity index (χ1v) is 6.93. The van der Waals surface area contributed by atoms with Crippen molar-refractivity contribution in [2.24, 2.45) is 0 Å². The highest BCUT2D eigenvalue weighted by atomic mass is 32.1. The first kappa shape index (κ1) is 12.3. The van der Waals surface area contributed by atoms with Crippen LogP contribution in [-0.4, -0.2) is 16.6 Å². The number of aromatic nitrogens is 2. The van der Waals surface area contributed by atoms with Gasteiger partial charge in [-0.3, -0.25) is 0 Å². The second kappa shape index (κ2) is 5.47. The molecule has 0 radical (unpaired) electrons. The number of hydrogen-bond acceptors (Lipinski definition) is 3. The smallest absolute Gasteiger partial charge is 0.109 e. The summed E-state index contributed by atoms with van der Waals surface area (Å²) in [6.07, 6.45) is 3.14. The van der Waals surface area contributed by atoms with Crippen LogP contribution in [0.25, 0.3) is 0 Å². The van der Waals surface area contributed by atoms with Gasteiger partial charge in [-0.1, -0.05) is 6.92 Å². The van der Waals surface area contributed by atoms with E-state index in [4.69, 9.17) is 0 Å². The second-order valence-electron chi connectivity index (χ2n) is 4.21. The molecule has 4 heteroatoms. The Morgan fingerprint density at radius 1 is 1.53 bits per heavy atom. The van der Waals surface area contributed by atoms with Crippen molar-refractivity contribution in [2.75, 3.05) is 7.05 Å². The Morgan fingerprint density at radius 2 is 2.35 bits per heavy atom. The van der Waals surface area contributed by atoms with Gasteiger partial charge in [-0.05, 0) is 36.4 Å². The Hall–Kier alpha value is -1.13. The van der Waals surface area contributed by atoms with Crippen LogP contribution in [-0.2, 0) is 13.0 Å². The van der Waals surface area contributed by atoms with E-state index in [0.29, 0.717) is 6.04 Å². The summed E-state index contributed by atoms with van der Waals surface area (Å²) in [6.45, 7) is 5.22. The summed E-state index contributed by atoms with van der Waals surface area (Å²) < 4.78 is 2.26. The highest BCUT2D eigenvalue weighted by molar-refractivity contribution is 7.07. The molecule has 2 heterocycles. The van der Waals surface area contributed by atoms with E-state index in [1.165, 1.54) is 5.56 Å². The molecule has 2 rings (SSSR count). The van der Waals surface area contributed by atoms with Crippen molar-refractivity contribution in [3.05, 3.63) is 40.1 Å². The van der Waals surface area contributed by atoms with Crippen molar-refractivity contribution in [1.82, 2.24) is 14.9 Å². The average Bonchev–Trinajstić information content (AvgIpc) is 2.98. The van der Waals surface area contributed by atoms with Gasteiger partial charge in [0.2, 0.25) is 0 Å². The van der Waals surface area contributed by atoms with Gasteiger partial charge in [0, 0.05) is 25.2 Å². The standard InChI is InChI=1S/C13H19N3S/c1-4-13-15-12(10(2)14-3)8-16(13)7-11-5-6-17-9-11/h5-6,8-10,14H,4,7H2,1-3H3. The number of thiophene rings is 1. The summed E-state index contributed by atoms with van der Waals surface area (Å²) in [5.41, 5.74) is 2.48. The third kappa shape index (κ3) is 2.76. The lowest BCUT2D eigenvalue weighted by Crippen LogP contribution is -2.12. The molecule has 0 aliphatic carbocycles. The molecule has 0 aliphatic heterocycles. The van der Waals surface area contributed by atoms with Crippen molar-refractivity contribution in [3.8, 4) is 0 Å². The van der Waals surface area contributed by atoms with Crippen molar-refractivity contribution in [1.29, 1.82) is 0 Å². The van der Waals surface area contributed by atoms with Crippen LogP contribution in [0.1, 0.15) is 37.0 Å². The van der Waals surface area contributed by atoms with Crippen LogP contribution >= 0.6 is 11.3 Å². The maximum atomic E-state index is 4.68. The molecule has 0 saturated carbocycles. The molecule has 0 spiro atoms. The van der Waals surface area contributed by atoms with Gasteiger partial charge in [0.25, 0.3) is 0 Å². The summed E-state index contributed by atoms with van der Waals surface area (Å²) in [7, 11) is 1.97. The van der Waals surface area contributed by atoms with Crippen LogP contribution in [0.15, 0.2) is 23.0 Å². The summed E-state index contributed by atoms with van der Waals surface area (Å²) in [5.74, 6) is 1.16. The normalized spacial score (nSPS) is 12.9. The van der Waals surface area contributed by atoms with Gasteiger partial charge in [-0.25, -0.2) is 4.98 Å². The van der Waals surface area contributed by atoms with Gasteiger partial charge in [0.05, 0.1) is 5.69 Å². The Labute approximate surface area is 107 Å². The fourth-order valence-electron chi connectivity index (χ4n) is 1.83. The Kier molecular flexibility index (Phi) is 3.97. The zero-order chi connectivity index (χ0) is 12.3. The van der Waals surface area contributed by atoms with Crippen molar-refractivity contribution >= 4 is 11.3 Å². The maximum Gasteiger partial charge on any atom is 0.109 e. The molecule has 2 aromatic heterocycles. The number of nitrogens with one attached hydrogen (secondary N) is 1. The van der Waals surface area contributed by atoms with Crippen molar-refractivity contribution in [2.45, 2.75) is 32.9 Å². The third-order valence-electron chi connectivity index (χ3n) is 3.00. The molecule has 0 aliphatic rings. The minimum Gasteiger partial charge on any atom is -0.330 e. The van der Waals surface area contributed by atoms with Gasteiger partial charge in [-0.2, -0.15) is 11.3 Å². The maximum absolute atomic E-state index is 4.68. The van der Waals surface area contributed by atoms with E-state index in [0.717, 1.165) is 24.5 Å². The van der Waals surface area contributed by atoms with Crippen LogP contribution in [0.4, 0.5) is 0 Å². The summed E-state index contributed by atoms with van der Waals surface area (Å²) in [6, 6.07) is 2.48. The zero-order valence-electron chi connectivity index (χ0n) is 10.6. The van der Waals surface area contributed by atoms with Gasteiger partial charge in [0.15, 0.2) is 0 Å². The van der Waals surface area contributed by atoms with E-state index in [1.54, 1.807) is 11.3 Å². The van der Waals surface area contributed by atoms with Gasteiger partial charge in [-0.15, -0.1) is 0 Å². The van der Waals surface area contributed by atoms with Crippen LogP contribution in [0.3, 0.4) is 0 Å². The lowest BCUT2D eigenvalue weighted by Gasteiger charge is -2.05. The van der Waals surface area contributed by atoms with E-state index in [9.17, 15) is 0 Å². The van der Waals surface area contributed by atoms with Crippen LogP contribution in [0.2, 0.25) is 0 Å².